The third-order valence-corrected chi connectivity index (χ3v) is 4.24. The number of esters is 1. The van der Waals surface area contributed by atoms with Crippen LogP contribution in [0.1, 0.15) is 25.2 Å². The summed E-state index contributed by atoms with van der Waals surface area (Å²) < 4.78 is 11.4. The number of hydrogen-bond acceptors (Lipinski definition) is 5. The summed E-state index contributed by atoms with van der Waals surface area (Å²) in [5.41, 5.74) is 2.73. The average molecular weight is 426 g/mol. The van der Waals surface area contributed by atoms with Crippen molar-refractivity contribution >= 4 is 44.6 Å². The van der Waals surface area contributed by atoms with E-state index in [4.69, 9.17) is 9.47 Å². The Morgan fingerprint density at radius 2 is 2.15 bits per heavy atom. The van der Waals surface area contributed by atoms with E-state index in [0.717, 1.165) is 11.0 Å². The summed E-state index contributed by atoms with van der Waals surface area (Å²) in [6.07, 6.45) is 1.70. The molecule has 1 heterocycles. The van der Waals surface area contributed by atoms with Gasteiger partial charge in [-0.3, -0.25) is 4.79 Å². The molecule has 0 aliphatic heterocycles. The zero-order chi connectivity index (χ0) is 19.4. The molecule has 136 valence electrons. The monoisotopic (exact) mass is 425 g/mol. The van der Waals surface area contributed by atoms with Crippen LogP contribution in [0.15, 0.2) is 40.9 Å². The molecule has 0 fully saturated rings. The van der Waals surface area contributed by atoms with Crippen LogP contribution in [0, 0.1) is 11.3 Å². The van der Waals surface area contributed by atoms with E-state index in [1.54, 1.807) is 18.2 Å². The fourth-order valence-electron chi connectivity index (χ4n) is 2.58. The molecule has 3 aromatic rings. The van der Waals surface area contributed by atoms with Crippen LogP contribution in [0.4, 0.5) is 0 Å². The number of aromatic nitrogens is 2. The van der Waals surface area contributed by atoms with Gasteiger partial charge in [-0.1, -0.05) is 12.1 Å². The first kappa shape index (κ1) is 18.7. The Kier molecular flexibility index (Phi) is 5.57. The molecule has 0 saturated heterocycles. The fraction of sp³-hybridized carbons (Fsp3) is 0.150. The number of para-hydroxylation sites is 2. The van der Waals surface area contributed by atoms with Crippen LogP contribution < -0.4 is 9.47 Å². The lowest BCUT2D eigenvalue weighted by atomic mass is 10.1. The van der Waals surface area contributed by atoms with Gasteiger partial charge in [0, 0.05) is 6.92 Å². The van der Waals surface area contributed by atoms with E-state index >= 15 is 0 Å². The molecule has 1 aromatic heterocycles. The van der Waals surface area contributed by atoms with Crippen molar-refractivity contribution in [2.45, 2.75) is 13.8 Å². The van der Waals surface area contributed by atoms with Crippen molar-refractivity contribution in [1.82, 2.24) is 9.97 Å². The number of nitriles is 1. The third kappa shape index (κ3) is 4.18. The third-order valence-electron chi connectivity index (χ3n) is 3.65. The molecule has 0 unspecified atom stereocenters. The summed E-state index contributed by atoms with van der Waals surface area (Å²) in [6.45, 7) is 3.57. The normalized spacial score (nSPS) is 11.3. The number of carbonyl (C=O) groups is 1. The molecule has 0 radical (unpaired) electrons. The number of imidazole rings is 1. The number of benzene rings is 2. The Morgan fingerprint density at radius 3 is 2.81 bits per heavy atom. The highest BCUT2D eigenvalue weighted by Crippen LogP contribution is 2.38. The van der Waals surface area contributed by atoms with Gasteiger partial charge in [-0.25, -0.2) is 4.98 Å². The number of nitrogens with one attached hydrogen (secondary N) is 1. The van der Waals surface area contributed by atoms with Crippen LogP contribution in [0.5, 0.6) is 11.5 Å². The predicted octanol–water partition coefficient (Wildman–Crippen LogP) is 4.71. The zero-order valence-corrected chi connectivity index (χ0v) is 16.3. The Bertz CT molecular complexity index is 1050. The fourth-order valence-corrected chi connectivity index (χ4v) is 3.12. The van der Waals surface area contributed by atoms with E-state index in [-0.39, 0.29) is 0 Å². The van der Waals surface area contributed by atoms with Gasteiger partial charge in [-0.05, 0) is 58.8 Å². The topological polar surface area (TPSA) is 88.0 Å². The lowest BCUT2D eigenvalue weighted by Gasteiger charge is -2.12. The van der Waals surface area contributed by atoms with Gasteiger partial charge in [0.2, 0.25) is 0 Å². The average Bonchev–Trinajstić information content (AvgIpc) is 3.06. The van der Waals surface area contributed by atoms with Crippen LogP contribution in [-0.2, 0) is 4.79 Å². The number of aromatic amines is 1. The van der Waals surface area contributed by atoms with Crippen molar-refractivity contribution in [3.63, 3.8) is 0 Å². The maximum Gasteiger partial charge on any atom is 0.308 e. The van der Waals surface area contributed by atoms with Crippen LogP contribution in [0.3, 0.4) is 0 Å². The molecule has 7 heteroatoms. The Hall–Kier alpha value is -3.11. The van der Waals surface area contributed by atoms with E-state index in [1.165, 1.54) is 6.92 Å². The second-order valence-electron chi connectivity index (χ2n) is 5.63. The Balaban J connectivity index is 2.05. The highest BCUT2D eigenvalue weighted by Gasteiger charge is 2.15. The summed E-state index contributed by atoms with van der Waals surface area (Å²) in [6, 6.07) is 13.2. The summed E-state index contributed by atoms with van der Waals surface area (Å²) in [5, 5.41) is 9.59. The van der Waals surface area contributed by atoms with E-state index in [2.05, 4.69) is 32.0 Å². The zero-order valence-electron chi connectivity index (χ0n) is 14.7. The molecule has 27 heavy (non-hydrogen) atoms. The standard InChI is InChI=1S/C20H16BrN3O3/c1-3-26-18-10-13(9-15(21)19(18)27-12(2)25)8-14(11-22)20-23-16-6-4-5-7-17(16)24-20/h4-10H,3H2,1-2H3,(H,23,24)/b14-8+. The Morgan fingerprint density at radius 1 is 1.37 bits per heavy atom. The minimum atomic E-state index is -0.445. The van der Waals surface area contributed by atoms with Crippen molar-refractivity contribution in [3.8, 4) is 17.6 Å². The first-order valence-corrected chi connectivity index (χ1v) is 9.02. The number of allylic oxidation sites excluding steroid dienone is 1. The summed E-state index contributed by atoms with van der Waals surface area (Å²) in [7, 11) is 0. The summed E-state index contributed by atoms with van der Waals surface area (Å²) in [4.78, 5) is 18.9. The SMILES string of the molecule is CCOc1cc(/C=C(\C#N)c2nc3ccccc3[nH]2)cc(Br)c1OC(C)=O. The highest BCUT2D eigenvalue weighted by atomic mass is 79.9. The van der Waals surface area contributed by atoms with E-state index in [1.807, 2.05) is 31.2 Å². The number of ether oxygens (including phenoxy) is 2. The van der Waals surface area contributed by atoms with Crippen LogP contribution >= 0.6 is 15.9 Å². The van der Waals surface area contributed by atoms with Crippen molar-refractivity contribution in [3.05, 3.63) is 52.3 Å². The molecule has 0 amide bonds. The van der Waals surface area contributed by atoms with Gasteiger partial charge in [0.1, 0.15) is 11.9 Å². The van der Waals surface area contributed by atoms with E-state index < -0.39 is 5.97 Å². The van der Waals surface area contributed by atoms with Crippen molar-refractivity contribution in [2.24, 2.45) is 0 Å². The van der Waals surface area contributed by atoms with Crippen molar-refractivity contribution in [1.29, 1.82) is 5.26 Å². The van der Waals surface area contributed by atoms with Gasteiger partial charge in [-0.2, -0.15) is 5.26 Å². The van der Waals surface area contributed by atoms with Gasteiger partial charge in [0.15, 0.2) is 11.5 Å². The lowest BCUT2D eigenvalue weighted by molar-refractivity contribution is -0.132. The molecule has 0 spiro atoms. The van der Waals surface area contributed by atoms with Crippen molar-refractivity contribution in [2.75, 3.05) is 6.61 Å². The minimum Gasteiger partial charge on any atom is -0.490 e. The summed E-state index contributed by atoms with van der Waals surface area (Å²) in [5.74, 6) is 0.760. The van der Waals surface area contributed by atoms with Crippen LogP contribution in [-0.4, -0.2) is 22.5 Å². The smallest absolute Gasteiger partial charge is 0.308 e. The van der Waals surface area contributed by atoms with Gasteiger partial charge in [0.25, 0.3) is 0 Å². The maximum atomic E-state index is 11.3. The number of fused-ring (bicyclic) bond motifs is 1. The molecule has 3 rings (SSSR count). The number of rotatable bonds is 5. The number of nitrogens with zero attached hydrogens (tertiary/aromatic N) is 2. The second kappa shape index (κ2) is 8.06. The van der Waals surface area contributed by atoms with Crippen LogP contribution in [0.2, 0.25) is 0 Å². The van der Waals surface area contributed by atoms with Gasteiger partial charge >= 0.3 is 5.97 Å². The minimum absolute atomic E-state index is 0.309. The molecule has 1 N–H and O–H groups in total. The molecule has 0 saturated carbocycles. The summed E-state index contributed by atoms with van der Waals surface area (Å²) >= 11 is 3.40. The number of carbonyl (C=O) groups excluding carboxylic acids is 1. The molecule has 2 aromatic carbocycles. The Labute approximate surface area is 164 Å². The molecule has 0 aliphatic rings. The molecular weight excluding hydrogens is 410 g/mol. The predicted molar refractivity (Wildman–Crippen MR) is 106 cm³/mol. The molecule has 0 atom stereocenters. The van der Waals surface area contributed by atoms with Crippen LogP contribution in [0.25, 0.3) is 22.7 Å². The quantitative estimate of drug-likeness (QED) is 0.363. The number of H-pyrrole nitrogens is 1. The maximum absolute atomic E-state index is 11.3. The van der Waals surface area contributed by atoms with E-state index in [9.17, 15) is 10.1 Å². The molecular formula is C20H16BrN3O3. The highest BCUT2D eigenvalue weighted by molar-refractivity contribution is 9.10. The van der Waals surface area contributed by atoms with Crippen molar-refractivity contribution < 1.29 is 14.3 Å². The lowest BCUT2D eigenvalue weighted by Crippen LogP contribution is -2.05. The first-order chi connectivity index (χ1) is 13.0. The molecule has 0 bridgehead atoms. The molecule has 0 aliphatic carbocycles. The largest absolute Gasteiger partial charge is 0.490 e. The number of halogens is 1. The molecule has 6 nitrogen and oxygen atoms in total. The van der Waals surface area contributed by atoms with E-state index in [0.29, 0.717) is 39.5 Å². The number of hydrogen-bond donors (Lipinski definition) is 1. The first-order valence-electron chi connectivity index (χ1n) is 8.23. The van der Waals surface area contributed by atoms with Gasteiger partial charge in [0.05, 0.1) is 27.7 Å². The van der Waals surface area contributed by atoms with Gasteiger partial charge < -0.3 is 14.5 Å². The van der Waals surface area contributed by atoms with Gasteiger partial charge in [-0.15, -0.1) is 0 Å². The second-order valence-corrected chi connectivity index (χ2v) is 6.48.